The molecule has 0 unspecified atom stereocenters. The van der Waals surface area contributed by atoms with Crippen molar-refractivity contribution >= 4 is 11.8 Å². The summed E-state index contributed by atoms with van der Waals surface area (Å²) in [6, 6.07) is 3.75. The molecule has 1 saturated heterocycles. The van der Waals surface area contributed by atoms with Crippen molar-refractivity contribution in [2.24, 2.45) is 0 Å². The molecular weight excluding hydrogens is 310 g/mol. The van der Waals surface area contributed by atoms with E-state index in [2.05, 4.69) is 10.3 Å². The molecule has 1 atom stereocenters. The van der Waals surface area contributed by atoms with Crippen LogP contribution in [-0.2, 0) is 25.5 Å². The van der Waals surface area contributed by atoms with E-state index in [-0.39, 0.29) is 24.8 Å². The maximum atomic E-state index is 12.6. The van der Waals surface area contributed by atoms with E-state index in [0.717, 1.165) is 11.3 Å². The van der Waals surface area contributed by atoms with E-state index in [1.807, 2.05) is 19.1 Å². The predicted octanol–water partition coefficient (Wildman–Crippen LogP) is 0.313. The van der Waals surface area contributed by atoms with E-state index in [9.17, 15) is 9.59 Å². The highest BCUT2D eigenvalue weighted by atomic mass is 16.5. The highest BCUT2D eigenvalue weighted by molar-refractivity contribution is 5.80. The van der Waals surface area contributed by atoms with Crippen molar-refractivity contribution in [1.82, 2.24) is 15.2 Å². The molecule has 1 fully saturated rings. The summed E-state index contributed by atoms with van der Waals surface area (Å²) in [6.07, 6.45) is 2.18. The Morgan fingerprint density at radius 3 is 2.96 bits per heavy atom. The summed E-state index contributed by atoms with van der Waals surface area (Å²) in [5.41, 5.74) is 1.02. The molecule has 1 aromatic heterocycles. The summed E-state index contributed by atoms with van der Waals surface area (Å²) in [6.45, 7) is 3.41. The van der Waals surface area contributed by atoms with Gasteiger partial charge in [-0.15, -0.1) is 0 Å². The van der Waals surface area contributed by atoms with Gasteiger partial charge in [0.25, 0.3) is 0 Å². The third kappa shape index (κ3) is 4.75. The van der Waals surface area contributed by atoms with Crippen LogP contribution >= 0.6 is 0 Å². The Labute approximate surface area is 142 Å². The number of aromatic nitrogens is 1. The molecule has 0 radical (unpaired) electrons. The molecule has 1 aliphatic rings. The number of hydrogen-bond acceptors (Lipinski definition) is 5. The summed E-state index contributed by atoms with van der Waals surface area (Å²) in [5.74, 6) is -0.118. The van der Waals surface area contributed by atoms with Gasteiger partial charge < -0.3 is 19.7 Å². The van der Waals surface area contributed by atoms with Crippen LogP contribution in [0, 0.1) is 6.92 Å². The van der Waals surface area contributed by atoms with E-state index in [1.54, 1.807) is 25.3 Å². The summed E-state index contributed by atoms with van der Waals surface area (Å²) in [4.78, 5) is 30.3. The van der Waals surface area contributed by atoms with Gasteiger partial charge in [0, 0.05) is 32.6 Å². The number of nitrogens with one attached hydrogen (secondary N) is 1. The highest BCUT2D eigenvalue weighted by Crippen LogP contribution is 2.23. The minimum Gasteiger partial charge on any atom is -0.382 e. The number of pyridine rings is 1. The second-order valence-corrected chi connectivity index (χ2v) is 6.11. The van der Waals surface area contributed by atoms with Crippen LogP contribution in [0.15, 0.2) is 18.3 Å². The standard InChI is InChI=1S/C17H25N3O4/c1-13-8-14(4-5-19-13)9-16(22)20-6-7-24-17(11-20,12-23-3)10-15(21)18-2/h4-5,8H,6-7,9-12H2,1-3H3,(H,18,21)/t17-/m1/s1. The molecule has 7 heteroatoms. The molecule has 132 valence electrons. The molecule has 0 aromatic carbocycles. The van der Waals surface area contributed by atoms with Gasteiger partial charge in [0.05, 0.1) is 32.6 Å². The zero-order chi connectivity index (χ0) is 17.6. The molecule has 0 spiro atoms. The maximum Gasteiger partial charge on any atom is 0.227 e. The zero-order valence-electron chi connectivity index (χ0n) is 14.5. The van der Waals surface area contributed by atoms with Gasteiger partial charge in [0.2, 0.25) is 11.8 Å². The van der Waals surface area contributed by atoms with Crippen LogP contribution in [0.3, 0.4) is 0 Å². The van der Waals surface area contributed by atoms with Crippen LogP contribution in [0.4, 0.5) is 0 Å². The Balaban J connectivity index is 2.06. The lowest BCUT2D eigenvalue weighted by Gasteiger charge is -2.42. The van der Waals surface area contributed by atoms with Gasteiger partial charge in [-0.2, -0.15) is 0 Å². The lowest BCUT2D eigenvalue weighted by Crippen LogP contribution is -2.57. The molecule has 1 N–H and O–H groups in total. The summed E-state index contributed by atoms with van der Waals surface area (Å²) >= 11 is 0. The normalized spacial score (nSPS) is 20.7. The van der Waals surface area contributed by atoms with E-state index in [4.69, 9.17) is 9.47 Å². The second kappa shape index (κ2) is 8.21. The number of carbonyl (C=O) groups excluding carboxylic acids is 2. The van der Waals surface area contributed by atoms with Crippen LogP contribution in [-0.4, -0.2) is 67.8 Å². The van der Waals surface area contributed by atoms with Crippen LogP contribution in [0.25, 0.3) is 0 Å². The minimum atomic E-state index is -0.795. The summed E-state index contributed by atoms with van der Waals surface area (Å²) < 4.78 is 11.1. The van der Waals surface area contributed by atoms with Gasteiger partial charge in [-0.05, 0) is 24.6 Å². The molecule has 1 aliphatic heterocycles. The first-order valence-electron chi connectivity index (χ1n) is 8.01. The lowest BCUT2D eigenvalue weighted by molar-refractivity contribution is -0.166. The van der Waals surface area contributed by atoms with Crippen molar-refractivity contribution < 1.29 is 19.1 Å². The van der Waals surface area contributed by atoms with Gasteiger partial charge in [-0.3, -0.25) is 14.6 Å². The monoisotopic (exact) mass is 335 g/mol. The van der Waals surface area contributed by atoms with Crippen molar-refractivity contribution in [3.8, 4) is 0 Å². The fraction of sp³-hybridized carbons (Fsp3) is 0.588. The largest absolute Gasteiger partial charge is 0.382 e. The van der Waals surface area contributed by atoms with Gasteiger partial charge in [-0.25, -0.2) is 0 Å². The van der Waals surface area contributed by atoms with E-state index < -0.39 is 5.60 Å². The van der Waals surface area contributed by atoms with Crippen molar-refractivity contribution in [3.63, 3.8) is 0 Å². The topological polar surface area (TPSA) is 80.8 Å². The number of rotatable bonds is 6. The number of methoxy groups -OCH3 is 1. The number of hydrogen-bond donors (Lipinski definition) is 1. The number of nitrogens with zero attached hydrogens (tertiary/aromatic N) is 2. The summed E-state index contributed by atoms with van der Waals surface area (Å²) in [7, 11) is 3.15. The van der Waals surface area contributed by atoms with Crippen molar-refractivity contribution in [2.75, 3.05) is 40.5 Å². The SMILES string of the molecule is CNC(=O)C[C@]1(COC)CN(C(=O)Cc2ccnc(C)c2)CCO1. The molecule has 0 saturated carbocycles. The lowest BCUT2D eigenvalue weighted by atomic mass is 9.97. The number of ether oxygens (including phenoxy) is 2. The smallest absolute Gasteiger partial charge is 0.227 e. The van der Waals surface area contributed by atoms with Gasteiger partial charge in [-0.1, -0.05) is 0 Å². The Morgan fingerprint density at radius 2 is 2.29 bits per heavy atom. The Kier molecular flexibility index (Phi) is 6.28. The fourth-order valence-electron chi connectivity index (χ4n) is 2.95. The first kappa shape index (κ1) is 18.4. The summed E-state index contributed by atoms with van der Waals surface area (Å²) in [5, 5.41) is 2.60. The predicted molar refractivity (Wildman–Crippen MR) is 88.5 cm³/mol. The minimum absolute atomic E-state index is 0.0151. The number of aryl methyl sites for hydroxylation is 1. The van der Waals surface area contributed by atoms with Crippen molar-refractivity contribution in [3.05, 3.63) is 29.6 Å². The molecule has 7 nitrogen and oxygen atoms in total. The molecule has 2 heterocycles. The zero-order valence-corrected chi connectivity index (χ0v) is 14.5. The van der Waals surface area contributed by atoms with Crippen molar-refractivity contribution in [1.29, 1.82) is 0 Å². The molecule has 1 aromatic rings. The van der Waals surface area contributed by atoms with Gasteiger partial charge >= 0.3 is 0 Å². The third-order valence-corrected chi connectivity index (χ3v) is 4.09. The van der Waals surface area contributed by atoms with Gasteiger partial charge in [0.15, 0.2) is 0 Å². The number of carbonyl (C=O) groups is 2. The molecule has 0 aliphatic carbocycles. The highest BCUT2D eigenvalue weighted by Gasteiger charge is 2.40. The van der Waals surface area contributed by atoms with Gasteiger partial charge in [0.1, 0.15) is 5.60 Å². The molecule has 0 bridgehead atoms. The molecule has 24 heavy (non-hydrogen) atoms. The average Bonchev–Trinajstić information content (AvgIpc) is 2.55. The Bertz CT molecular complexity index is 589. The van der Waals surface area contributed by atoms with Crippen LogP contribution in [0.2, 0.25) is 0 Å². The van der Waals surface area contributed by atoms with E-state index in [1.165, 1.54) is 0 Å². The number of morpholine rings is 1. The fourth-order valence-corrected chi connectivity index (χ4v) is 2.95. The van der Waals surface area contributed by atoms with Crippen molar-refractivity contribution in [2.45, 2.75) is 25.4 Å². The molecule has 2 amide bonds. The maximum absolute atomic E-state index is 12.6. The van der Waals surface area contributed by atoms with Crippen LogP contribution < -0.4 is 5.32 Å². The average molecular weight is 335 g/mol. The van der Waals surface area contributed by atoms with E-state index in [0.29, 0.717) is 26.1 Å². The van der Waals surface area contributed by atoms with Crippen LogP contribution in [0.5, 0.6) is 0 Å². The Hall–Kier alpha value is -1.99. The van der Waals surface area contributed by atoms with Crippen LogP contribution in [0.1, 0.15) is 17.7 Å². The third-order valence-electron chi connectivity index (χ3n) is 4.09. The second-order valence-electron chi connectivity index (χ2n) is 6.11. The molecule has 2 rings (SSSR count). The van der Waals surface area contributed by atoms with E-state index >= 15 is 0 Å². The quantitative estimate of drug-likeness (QED) is 0.809. The first-order chi connectivity index (χ1) is 11.5. The molecular formula is C17H25N3O4. The Morgan fingerprint density at radius 1 is 1.50 bits per heavy atom. The number of amides is 2. The first-order valence-corrected chi connectivity index (χ1v) is 8.01.